The number of non-ortho nitro benzene ring substituents is 1. The quantitative estimate of drug-likeness (QED) is 0.661. The second-order valence-electron chi connectivity index (χ2n) is 4.76. The van der Waals surface area contributed by atoms with Crippen molar-refractivity contribution in [2.45, 2.75) is 13.0 Å². The molecule has 1 aromatic carbocycles. The molecule has 1 unspecified atom stereocenters. The summed E-state index contributed by atoms with van der Waals surface area (Å²) < 4.78 is 5.32. The topological polar surface area (TPSA) is 110 Å². The van der Waals surface area contributed by atoms with E-state index in [-0.39, 0.29) is 17.2 Å². The lowest BCUT2D eigenvalue weighted by Crippen LogP contribution is -2.44. The lowest BCUT2D eigenvalue weighted by atomic mass is 10.1. The number of aromatic carboxylic acids is 1. The van der Waals surface area contributed by atoms with E-state index in [1.807, 2.05) is 6.92 Å². The van der Waals surface area contributed by atoms with Gasteiger partial charge in [0.1, 0.15) is 0 Å². The molecule has 1 atom stereocenters. The van der Waals surface area contributed by atoms with Crippen LogP contribution in [0, 0.1) is 10.1 Å². The Morgan fingerprint density at radius 1 is 1.38 bits per heavy atom. The Labute approximate surface area is 120 Å². The van der Waals surface area contributed by atoms with Crippen LogP contribution in [-0.2, 0) is 4.74 Å². The normalized spacial score (nSPS) is 18.3. The van der Waals surface area contributed by atoms with Crippen LogP contribution in [-0.4, -0.2) is 52.6 Å². The van der Waals surface area contributed by atoms with E-state index in [1.54, 1.807) is 0 Å². The van der Waals surface area contributed by atoms with Gasteiger partial charge in [0.25, 0.3) is 11.6 Å². The highest BCUT2D eigenvalue weighted by Gasteiger charge is 2.25. The van der Waals surface area contributed by atoms with Crippen LogP contribution in [0.3, 0.4) is 0 Å². The van der Waals surface area contributed by atoms with Crippen molar-refractivity contribution < 1.29 is 24.4 Å². The van der Waals surface area contributed by atoms with Crippen LogP contribution in [0.1, 0.15) is 27.6 Å². The highest BCUT2D eigenvalue weighted by molar-refractivity contribution is 5.98. The van der Waals surface area contributed by atoms with Gasteiger partial charge in [-0.25, -0.2) is 4.79 Å². The molecule has 0 spiro atoms. The number of carboxylic acid groups (broad SMARTS) is 1. The van der Waals surface area contributed by atoms with Crippen molar-refractivity contribution in [2.24, 2.45) is 0 Å². The van der Waals surface area contributed by atoms with Crippen LogP contribution in [0.4, 0.5) is 5.69 Å². The molecule has 1 heterocycles. The maximum Gasteiger partial charge on any atom is 0.335 e. The minimum absolute atomic E-state index is 0.00398. The first-order valence-electron chi connectivity index (χ1n) is 6.32. The largest absolute Gasteiger partial charge is 0.478 e. The van der Waals surface area contributed by atoms with Crippen LogP contribution >= 0.6 is 0 Å². The monoisotopic (exact) mass is 294 g/mol. The summed E-state index contributed by atoms with van der Waals surface area (Å²) in [7, 11) is 0. The van der Waals surface area contributed by atoms with E-state index < -0.39 is 22.5 Å². The lowest BCUT2D eigenvalue weighted by Gasteiger charge is -2.31. The zero-order valence-electron chi connectivity index (χ0n) is 11.3. The number of nitro benzene ring substituents is 1. The van der Waals surface area contributed by atoms with Gasteiger partial charge in [-0.05, 0) is 13.0 Å². The van der Waals surface area contributed by atoms with Gasteiger partial charge < -0.3 is 14.7 Å². The van der Waals surface area contributed by atoms with Crippen molar-refractivity contribution in [3.63, 3.8) is 0 Å². The Balaban J connectivity index is 2.35. The molecule has 21 heavy (non-hydrogen) atoms. The summed E-state index contributed by atoms with van der Waals surface area (Å²) >= 11 is 0. The highest BCUT2D eigenvalue weighted by Crippen LogP contribution is 2.20. The molecule has 0 aliphatic carbocycles. The van der Waals surface area contributed by atoms with Crippen molar-refractivity contribution >= 4 is 17.6 Å². The number of rotatable bonds is 3. The number of amides is 1. The Morgan fingerprint density at radius 3 is 2.62 bits per heavy atom. The summed E-state index contributed by atoms with van der Waals surface area (Å²) in [6, 6.07) is 3.17. The number of carboxylic acids is 1. The molecule has 0 radical (unpaired) electrons. The molecule has 1 aromatic rings. The molecular weight excluding hydrogens is 280 g/mol. The zero-order valence-corrected chi connectivity index (χ0v) is 11.3. The fourth-order valence-corrected chi connectivity index (χ4v) is 2.15. The molecule has 8 nitrogen and oxygen atoms in total. The van der Waals surface area contributed by atoms with Gasteiger partial charge in [-0.3, -0.25) is 14.9 Å². The second-order valence-corrected chi connectivity index (χ2v) is 4.76. The fourth-order valence-electron chi connectivity index (χ4n) is 2.15. The number of morpholine rings is 1. The van der Waals surface area contributed by atoms with Crippen LogP contribution in [0.5, 0.6) is 0 Å². The van der Waals surface area contributed by atoms with E-state index in [4.69, 9.17) is 9.84 Å². The molecule has 2 rings (SSSR count). The Bertz CT molecular complexity index is 568. The molecule has 0 bridgehead atoms. The minimum atomic E-state index is -1.32. The number of benzene rings is 1. The summed E-state index contributed by atoms with van der Waals surface area (Å²) in [6.07, 6.45) is -0.125. The van der Waals surface area contributed by atoms with Crippen molar-refractivity contribution in [3.8, 4) is 0 Å². The molecule has 1 fully saturated rings. The summed E-state index contributed by atoms with van der Waals surface area (Å²) in [4.78, 5) is 35.0. The molecule has 1 saturated heterocycles. The first kappa shape index (κ1) is 14.9. The average molecular weight is 294 g/mol. The smallest absolute Gasteiger partial charge is 0.335 e. The van der Waals surface area contributed by atoms with E-state index >= 15 is 0 Å². The van der Waals surface area contributed by atoms with Crippen molar-refractivity contribution in [1.82, 2.24) is 4.90 Å². The molecule has 0 saturated carbocycles. The molecular formula is C13H14N2O6. The summed E-state index contributed by atoms with van der Waals surface area (Å²) in [6.45, 7) is 2.93. The molecule has 0 aromatic heterocycles. The molecule has 1 aliphatic rings. The number of nitrogens with zero attached hydrogens (tertiary/aromatic N) is 2. The Hall–Kier alpha value is -2.48. The third-order valence-corrected chi connectivity index (χ3v) is 3.15. The van der Waals surface area contributed by atoms with Gasteiger partial charge in [0, 0.05) is 30.8 Å². The van der Waals surface area contributed by atoms with E-state index in [0.717, 1.165) is 18.2 Å². The predicted octanol–water partition coefficient (Wildman–Crippen LogP) is 1.15. The van der Waals surface area contributed by atoms with E-state index in [9.17, 15) is 19.7 Å². The predicted molar refractivity (Wildman–Crippen MR) is 71.4 cm³/mol. The lowest BCUT2D eigenvalue weighted by molar-refractivity contribution is -0.384. The van der Waals surface area contributed by atoms with Gasteiger partial charge in [-0.1, -0.05) is 0 Å². The molecule has 8 heteroatoms. The van der Waals surface area contributed by atoms with E-state index in [2.05, 4.69) is 0 Å². The summed E-state index contributed by atoms with van der Waals surface area (Å²) in [5.74, 6) is -1.75. The number of hydrogen-bond acceptors (Lipinski definition) is 5. The molecule has 1 amide bonds. The third-order valence-electron chi connectivity index (χ3n) is 3.15. The van der Waals surface area contributed by atoms with E-state index in [0.29, 0.717) is 19.7 Å². The first-order chi connectivity index (χ1) is 9.88. The van der Waals surface area contributed by atoms with Crippen molar-refractivity contribution in [1.29, 1.82) is 0 Å². The standard InChI is InChI=1S/C13H14N2O6/c1-8-7-14(2-3-21-8)12(16)9-4-10(13(17)18)6-11(5-9)15(19)20/h4-6,8H,2-3,7H2,1H3,(H,17,18). The van der Waals surface area contributed by atoms with Crippen molar-refractivity contribution in [2.75, 3.05) is 19.7 Å². The van der Waals surface area contributed by atoms with Gasteiger partial charge in [-0.15, -0.1) is 0 Å². The van der Waals surface area contributed by atoms with Crippen LogP contribution in [0.25, 0.3) is 0 Å². The minimum Gasteiger partial charge on any atom is -0.478 e. The number of carbonyl (C=O) groups excluding carboxylic acids is 1. The number of carbonyl (C=O) groups is 2. The SMILES string of the molecule is CC1CN(C(=O)c2cc(C(=O)O)cc([N+](=O)[O-])c2)CCO1. The van der Waals surface area contributed by atoms with Gasteiger partial charge in [0.05, 0.1) is 23.2 Å². The van der Waals surface area contributed by atoms with Crippen molar-refractivity contribution in [3.05, 3.63) is 39.4 Å². The average Bonchev–Trinajstić information content (AvgIpc) is 2.45. The first-order valence-corrected chi connectivity index (χ1v) is 6.32. The number of ether oxygens (including phenoxy) is 1. The number of hydrogen-bond donors (Lipinski definition) is 1. The van der Waals surface area contributed by atoms with Crippen LogP contribution in [0.15, 0.2) is 18.2 Å². The highest BCUT2D eigenvalue weighted by atomic mass is 16.6. The Kier molecular flexibility index (Phi) is 4.18. The van der Waals surface area contributed by atoms with Gasteiger partial charge in [0.2, 0.25) is 0 Å². The van der Waals surface area contributed by atoms with Gasteiger partial charge >= 0.3 is 5.97 Å². The zero-order chi connectivity index (χ0) is 15.6. The fraction of sp³-hybridized carbons (Fsp3) is 0.385. The van der Waals surface area contributed by atoms with Gasteiger partial charge in [0.15, 0.2) is 0 Å². The number of nitro groups is 1. The van der Waals surface area contributed by atoms with Gasteiger partial charge in [-0.2, -0.15) is 0 Å². The summed E-state index contributed by atoms with van der Waals surface area (Å²) in [5.41, 5.74) is -0.705. The molecule has 1 aliphatic heterocycles. The molecule has 112 valence electrons. The van der Waals surface area contributed by atoms with Crippen LogP contribution < -0.4 is 0 Å². The summed E-state index contributed by atoms with van der Waals surface area (Å²) in [5, 5.41) is 19.8. The maximum atomic E-state index is 12.3. The third kappa shape index (κ3) is 3.34. The van der Waals surface area contributed by atoms with E-state index in [1.165, 1.54) is 4.90 Å². The van der Waals surface area contributed by atoms with Crippen LogP contribution in [0.2, 0.25) is 0 Å². The maximum absolute atomic E-state index is 12.3. The molecule has 1 N–H and O–H groups in total. The Morgan fingerprint density at radius 2 is 2.05 bits per heavy atom. The second kappa shape index (κ2) is 5.88.